The van der Waals surface area contributed by atoms with Gasteiger partial charge in [0.15, 0.2) is 6.10 Å². The van der Waals surface area contributed by atoms with E-state index in [1.165, 1.54) is 25.7 Å². The van der Waals surface area contributed by atoms with Crippen molar-refractivity contribution in [2.75, 3.05) is 13.2 Å². The van der Waals surface area contributed by atoms with Crippen molar-refractivity contribution in [2.45, 2.75) is 207 Å². The van der Waals surface area contributed by atoms with Gasteiger partial charge in [-0.15, -0.1) is 0 Å². The van der Waals surface area contributed by atoms with Crippen molar-refractivity contribution in [3.05, 3.63) is 134 Å². The second-order valence-electron chi connectivity index (χ2n) is 16.4. The first-order valence-electron chi connectivity index (χ1n) is 25.8. The molecule has 0 radical (unpaired) electrons. The summed E-state index contributed by atoms with van der Waals surface area (Å²) < 4.78 is 16.8. The molecule has 0 aromatic rings. The average molecular weight is 897 g/mol. The Kier molecular flexibility index (Phi) is 48.6. The third-order valence-corrected chi connectivity index (χ3v) is 10.3. The van der Waals surface area contributed by atoms with Gasteiger partial charge < -0.3 is 14.2 Å². The van der Waals surface area contributed by atoms with Crippen LogP contribution >= 0.6 is 0 Å². The predicted octanol–water partition coefficient (Wildman–Crippen LogP) is 17.1. The van der Waals surface area contributed by atoms with Gasteiger partial charge >= 0.3 is 17.9 Å². The topological polar surface area (TPSA) is 78.9 Å². The zero-order chi connectivity index (χ0) is 47.2. The van der Waals surface area contributed by atoms with Crippen LogP contribution < -0.4 is 0 Å². The molecule has 1 unspecified atom stereocenters. The van der Waals surface area contributed by atoms with E-state index in [4.69, 9.17) is 14.2 Å². The number of hydrogen-bond acceptors (Lipinski definition) is 6. The van der Waals surface area contributed by atoms with E-state index in [1.807, 2.05) is 48.6 Å². The molecule has 0 heterocycles. The monoisotopic (exact) mass is 897 g/mol. The van der Waals surface area contributed by atoms with Crippen LogP contribution in [0.3, 0.4) is 0 Å². The van der Waals surface area contributed by atoms with Gasteiger partial charge in [-0.3, -0.25) is 14.4 Å². The molecule has 0 amide bonds. The van der Waals surface area contributed by atoms with Crippen molar-refractivity contribution in [3.63, 3.8) is 0 Å². The number of esters is 3. The molecular weight excluding hydrogens is 805 g/mol. The van der Waals surface area contributed by atoms with Gasteiger partial charge in [-0.1, -0.05) is 212 Å². The predicted molar refractivity (Wildman–Crippen MR) is 279 cm³/mol. The highest BCUT2D eigenvalue weighted by molar-refractivity contribution is 5.71. The number of rotatable bonds is 44. The highest BCUT2D eigenvalue weighted by atomic mass is 16.6. The van der Waals surface area contributed by atoms with Crippen molar-refractivity contribution < 1.29 is 28.6 Å². The summed E-state index contributed by atoms with van der Waals surface area (Å²) >= 11 is 0. The minimum absolute atomic E-state index is 0.109. The largest absolute Gasteiger partial charge is 0.462 e. The van der Waals surface area contributed by atoms with Crippen LogP contribution in [0.25, 0.3) is 0 Å². The Bertz CT molecular complexity index is 1450. The van der Waals surface area contributed by atoms with Crippen molar-refractivity contribution in [1.82, 2.24) is 0 Å². The Hall–Kier alpha value is -4.45. The first-order valence-corrected chi connectivity index (χ1v) is 25.8. The number of hydrogen-bond donors (Lipinski definition) is 0. The summed E-state index contributed by atoms with van der Waals surface area (Å²) in [6, 6.07) is 0. The zero-order valence-corrected chi connectivity index (χ0v) is 41.4. The van der Waals surface area contributed by atoms with Crippen LogP contribution in [0.2, 0.25) is 0 Å². The number of unbranched alkanes of at least 4 members (excludes halogenated alkanes) is 15. The Morgan fingerprint density at radius 2 is 0.631 bits per heavy atom. The number of ether oxygens (including phenoxy) is 3. The molecule has 0 rings (SSSR count). The number of carbonyl (C=O) groups is 3. The second kappa shape index (κ2) is 52.2. The summed E-state index contributed by atoms with van der Waals surface area (Å²) in [5.74, 6) is -0.987. The minimum Gasteiger partial charge on any atom is -0.462 e. The van der Waals surface area contributed by atoms with Crippen molar-refractivity contribution >= 4 is 17.9 Å². The lowest BCUT2D eigenvalue weighted by Crippen LogP contribution is -2.30. The van der Waals surface area contributed by atoms with Gasteiger partial charge in [-0.25, -0.2) is 0 Å². The molecule has 364 valence electrons. The van der Waals surface area contributed by atoms with Crippen LogP contribution in [0, 0.1) is 0 Å². The first-order chi connectivity index (χ1) is 32.0. The van der Waals surface area contributed by atoms with Crippen LogP contribution in [-0.4, -0.2) is 37.2 Å². The lowest BCUT2D eigenvalue weighted by molar-refractivity contribution is -0.167. The van der Waals surface area contributed by atoms with Gasteiger partial charge in [0.1, 0.15) is 13.2 Å². The number of allylic oxidation sites excluding steroid dienone is 22. The third-order valence-electron chi connectivity index (χ3n) is 10.3. The van der Waals surface area contributed by atoms with Gasteiger partial charge in [0.25, 0.3) is 0 Å². The molecule has 65 heavy (non-hydrogen) atoms. The smallest absolute Gasteiger partial charge is 0.306 e. The summed E-state index contributed by atoms with van der Waals surface area (Å²) in [6.07, 6.45) is 72.9. The Morgan fingerprint density at radius 1 is 0.323 bits per heavy atom. The van der Waals surface area contributed by atoms with Crippen molar-refractivity contribution in [3.8, 4) is 0 Å². The van der Waals surface area contributed by atoms with Crippen LogP contribution in [-0.2, 0) is 28.6 Å². The average Bonchev–Trinajstić information content (AvgIpc) is 3.30. The zero-order valence-electron chi connectivity index (χ0n) is 41.4. The summed E-state index contributed by atoms with van der Waals surface area (Å²) in [5.41, 5.74) is 0. The lowest BCUT2D eigenvalue weighted by atomic mass is 10.1. The van der Waals surface area contributed by atoms with E-state index in [9.17, 15) is 14.4 Å². The van der Waals surface area contributed by atoms with E-state index in [-0.39, 0.29) is 31.1 Å². The maximum absolute atomic E-state index is 12.8. The highest BCUT2D eigenvalue weighted by Gasteiger charge is 2.19. The summed E-state index contributed by atoms with van der Waals surface area (Å²) in [4.78, 5) is 38.0. The van der Waals surface area contributed by atoms with Gasteiger partial charge in [-0.05, 0) is 103 Å². The Labute approximate surface area is 398 Å². The van der Waals surface area contributed by atoms with E-state index in [0.717, 1.165) is 135 Å². The molecule has 0 aromatic heterocycles. The van der Waals surface area contributed by atoms with E-state index >= 15 is 0 Å². The van der Waals surface area contributed by atoms with Crippen molar-refractivity contribution in [2.24, 2.45) is 0 Å². The molecule has 6 nitrogen and oxygen atoms in total. The van der Waals surface area contributed by atoms with Crippen molar-refractivity contribution in [1.29, 1.82) is 0 Å². The molecule has 0 spiro atoms. The molecule has 0 saturated heterocycles. The van der Waals surface area contributed by atoms with Crippen LogP contribution in [0.5, 0.6) is 0 Å². The fourth-order valence-electron chi connectivity index (χ4n) is 6.49. The van der Waals surface area contributed by atoms with E-state index in [1.54, 1.807) is 0 Å². The van der Waals surface area contributed by atoms with E-state index in [2.05, 4.69) is 106 Å². The highest BCUT2D eigenvalue weighted by Crippen LogP contribution is 2.13. The quantitative estimate of drug-likeness (QED) is 0.0199. The van der Waals surface area contributed by atoms with Gasteiger partial charge in [-0.2, -0.15) is 0 Å². The van der Waals surface area contributed by atoms with Gasteiger partial charge in [0, 0.05) is 19.3 Å². The molecule has 0 bridgehead atoms. The van der Waals surface area contributed by atoms with E-state index < -0.39 is 6.10 Å². The normalized spacial score (nSPS) is 13.2. The SMILES string of the molecule is CC\C=C/C=C\C=C/C=C\C=C/CCCCCC(=O)OCC(COC(=O)CCCCCCCC/C=C\C/C=C\C/C=C\CC)OC(=O)CCCCCCCC/C=C\C/C=C\C/C=C\CC. The molecule has 0 aliphatic rings. The van der Waals surface area contributed by atoms with Gasteiger partial charge in [0.2, 0.25) is 0 Å². The van der Waals surface area contributed by atoms with Crippen LogP contribution in [0.15, 0.2) is 134 Å². The summed E-state index contributed by atoms with van der Waals surface area (Å²) in [7, 11) is 0. The lowest BCUT2D eigenvalue weighted by Gasteiger charge is -2.18. The molecule has 0 aliphatic carbocycles. The third kappa shape index (κ3) is 50.4. The summed E-state index contributed by atoms with van der Waals surface area (Å²) in [6.45, 7) is 6.19. The molecule has 6 heteroatoms. The van der Waals surface area contributed by atoms with Gasteiger partial charge in [0.05, 0.1) is 0 Å². The maximum atomic E-state index is 12.8. The molecule has 0 fully saturated rings. The molecule has 0 aromatic carbocycles. The number of carbonyl (C=O) groups excluding carboxylic acids is 3. The minimum atomic E-state index is -0.813. The Morgan fingerprint density at radius 3 is 1.06 bits per heavy atom. The maximum Gasteiger partial charge on any atom is 0.306 e. The Balaban J connectivity index is 4.54. The fraction of sp³-hybridized carbons (Fsp3) is 0.576. The first kappa shape index (κ1) is 60.5. The molecule has 1 atom stereocenters. The standard InChI is InChI=1S/C59H92O6/c1-4-7-10-13-16-19-22-25-28-31-34-37-40-43-46-49-52-58(61)64-55-56(54-63-57(60)51-48-45-42-39-36-33-30-27-24-21-18-15-12-9-6-3)65-59(62)53-50-47-44-41-38-35-32-29-26-23-20-17-14-11-8-5-2/h7-12,15-21,24-30,33,36,56H,4-6,13-14,22-23,31-32,34-35,37-55H2,1-3H3/b10-7-,11-8-,12-9-,18-15-,19-16-,20-17-,24-21-,28-25-,29-26-,30-27-,36-33-. The fourth-order valence-corrected chi connectivity index (χ4v) is 6.49. The van der Waals surface area contributed by atoms with Crippen LogP contribution in [0.1, 0.15) is 201 Å². The second-order valence-corrected chi connectivity index (χ2v) is 16.4. The molecule has 0 saturated carbocycles. The van der Waals surface area contributed by atoms with Crippen LogP contribution in [0.4, 0.5) is 0 Å². The van der Waals surface area contributed by atoms with E-state index in [0.29, 0.717) is 19.3 Å². The molecular formula is C59H92O6. The molecule has 0 N–H and O–H groups in total. The summed E-state index contributed by atoms with van der Waals surface area (Å²) in [5, 5.41) is 0. The molecule has 0 aliphatic heterocycles.